The molecule has 1 aromatic carbocycles. The summed E-state index contributed by atoms with van der Waals surface area (Å²) in [4.78, 5) is 0. The van der Waals surface area contributed by atoms with Crippen molar-refractivity contribution in [3.05, 3.63) is 46.9 Å². The summed E-state index contributed by atoms with van der Waals surface area (Å²) in [6.45, 7) is 5.28. The molecule has 0 radical (unpaired) electrons. The smallest absolute Gasteiger partial charge is 0.212 e. The van der Waals surface area contributed by atoms with E-state index >= 15 is 0 Å². The minimum atomic E-state index is -0.210. The number of aryl methyl sites for hydroxylation is 2. The summed E-state index contributed by atoms with van der Waals surface area (Å²) in [6, 6.07) is 7.17. The second kappa shape index (κ2) is 8.50. The number of benzene rings is 1. The lowest BCUT2D eigenvalue weighted by Crippen LogP contribution is -2.16. The van der Waals surface area contributed by atoms with Crippen LogP contribution in [0, 0.1) is 18.7 Å². The molecule has 1 aliphatic rings. The fourth-order valence-corrected chi connectivity index (χ4v) is 3.66. The van der Waals surface area contributed by atoms with Crippen molar-refractivity contribution in [2.75, 3.05) is 0 Å². The number of hydrogen-bond acceptors (Lipinski definition) is 2. The van der Waals surface area contributed by atoms with Gasteiger partial charge in [-0.05, 0) is 44.2 Å². The van der Waals surface area contributed by atoms with E-state index in [2.05, 4.69) is 6.92 Å². The summed E-state index contributed by atoms with van der Waals surface area (Å²) in [6.07, 6.45) is 8.55. The van der Waals surface area contributed by atoms with Crippen LogP contribution in [0.4, 0.5) is 4.39 Å². The van der Waals surface area contributed by atoms with Gasteiger partial charge in [-0.15, -0.1) is 0 Å². The molecule has 25 heavy (non-hydrogen) atoms. The van der Waals surface area contributed by atoms with Crippen LogP contribution < -0.4 is 4.74 Å². The van der Waals surface area contributed by atoms with Crippen LogP contribution in [0.25, 0.3) is 0 Å². The molecule has 3 rings (SSSR count). The Morgan fingerprint density at radius 1 is 1.20 bits per heavy atom. The SMILES string of the molecule is CCCc1cc(OCc2cc(C)ccc2F)n(CC2CCCCC2)n1. The monoisotopic (exact) mass is 344 g/mol. The Labute approximate surface area is 150 Å². The van der Waals surface area contributed by atoms with Gasteiger partial charge in [0.05, 0.1) is 5.69 Å². The standard InChI is InChI=1S/C21H29FN2O/c1-3-7-19-13-21(24(23-19)14-17-8-5-4-6-9-17)25-15-18-12-16(2)10-11-20(18)22/h10-13,17H,3-9,14-15H2,1-2H3. The molecule has 136 valence electrons. The highest BCUT2D eigenvalue weighted by Crippen LogP contribution is 2.27. The minimum Gasteiger partial charge on any atom is -0.473 e. The van der Waals surface area contributed by atoms with Crippen LogP contribution in [0.2, 0.25) is 0 Å². The van der Waals surface area contributed by atoms with Gasteiger partial charge in [0.1, 0.15) is 12.4 Å². The van der Waals surface area contributed by atoms with Crippen LogP contribution in [0.3, 0.4) is 0 Å². The molecule has 0 atom stereocenters. The molecule has 0 N–H and O–H groups in total. The van der Waals surface area contributed by atoms with E-state index in [1.54, 1.807) is 6.07 Å². The molecule has 0 aliphatic heterocycles. The zero-order chi connectivity index (χ0) is 17.6. The number of ether oxygens (including phenoxy) is 1. The fraction of sp³-hybridized carbons (Fsp3) is 0.571. The van der Waals surface area contributed by atoms with Crippen LogP contribution in [0.15, 0.2) is 24.3 Å². The molecular formula is C21H29FN2O. The minimum absolute atomic E-state index is 0.210. The van der Waals surface area contributed by atoms with Gasteiger partial charge in [0.25, 0.3) is 0 Å². The molecule has 1 heterocycles. The second-order valence-electron chi connectivity index (χ2n) is 7.29. The summed E-state index contributed by atoms with van der Waals surface area (Å²) >= 11 is 0. The number of nitrogens with zero attached hydrogens (tertiary/aromatic N) is 2. The van der Waals surface area contributed by atoms with Crippen molar-refractivity contribution in [2.45, 2.75) is 71.9 Å². The molecular weight excluding hydrogens is 315 g/mol. The molecule has 0 saturated heterocycles. The second-order valence-corrected chi connectivity index (χ2v) is 7.29. The van der Waals surface area contributed by atoms with E-state index in [0.29, 0.717) is 11.5 Å². The number of aromatic nitrogens is 2. The molecule has 0 amide bonds. The molecule has 1 saturated carbocycles. The Balaban J connectivity index is 1.72. The molecule has 0 bridgehead atoms. The molecule has 1 fully saturated rings. The third-order valence-electron chi connectivity index (χ3n) is 5.03. The normalized spacial score (nSPS) is 15.5. The van der Waals surface area contributed by atoms with Crippen molar-refractivity contribution < 1.29 is 9.13 Å². The number of hydrogen-bond donors (Lipinski definition) is 0. The quantitative estimate of drug-likeness (QED) is 0.668. The van der Waals surface area contributed by atoms with E-state index in [-0.39, 0.29) is 12.4 Å². The zero-order valence-corrected chi connectivity index (χ0v) is 15.4. The Hall–Kier alpha value is -1.84. The van der Waals surface area contributed by atoms with Gasteiger partial charge < -0.3 is 4.74 Å². The number of halogens is 1. The number of rotatable bonds is 7. The van der Waals surface area contributed by atoms with E-state index in [0.717, 1.165) is 36.5 Å². The van der Waals surface area contributed by atoms with Crippen molar-refractivity contribution in [3.63, 3.8) is 0 Å². The van der Waals surface area contributed by atoms with Crippen molar-refractivity contribution in [2.24, 2.45) is 5.92 Å². The lowest BCUT2D eigenvalue weighted by molar-refractivity contribution is 0.242. The van der Waals surface area contributed by atoms with E-state index < -0.39 is 0 Å². The van der Waals surface area contributed by atoms with Crippen molar-refractivity contribution >= 4 is 0 Å². The van der Waals surface area contributed by atoms with Gasteiger partial charge in [0.15, 0.2) is 0 Å². The van der Waals surface area contributed by atoms with E-state index in [4.69, 9.17) is 9.84 Å². The fourth-order valence-electron chi connectivity index (χ4n) is 3.66. The molecule has 0 unspecified atom stereocenters. The maximum atomic E-state index is 14.0. The van der Waals surface area contributed by atoms with E-state index in [1.165, 1.54) is 38.2 Å². The van der Waals surface area contributed by atoms with Crippen molar-refractivity contribution in [1.29, 1.82) is 0 Å². The van der Waals surface area contributed by atoms with Crippen LogP contribution in [-0.4, -0.2) is 9.78 Å². The highest BCUT2D eigenvalue weighted by Gasteiger charge is 2.18. The molecule has 2 aromatic rings. The average molecular weight is 344 g/mol. The molecule has 1 aromatic heterocycles. The highest BCUT2D eigenvalue weighted by molar-refractivity contribution is 5.24. The van der Waals surface area contributed by atoms with Crippen LogP contribution in [0.5, 0.6) is 5.88 Å². The lowest BCUT2D eigenvalue weighted by atomic mass is 9.89. The van der Waals surface area contributed by atoms with E-state index in [1.807, 2.05) is 23.7 Å². The summed E-state index contributed by atoms with van der Waals surface area (Å²) in [5.41, 5.74) is 2.71. The summed E-state index contributed by atoms with van der Waals surface area (Å²) < 4.78 is 22.0. The Bertz CT molecular complexity index is 689. The lowest BCUT2D eigenvalue weighted by Gasteiger charge is -2.22. The maximum absolute atomic E-state index is 14.0. The molecule has 3 nitrogen and oxygen atoms in total. The van der Waals surface area contributed by atoms with Crippen LogP contribution in [-0.2, 0) is 19.6 Å². The third kappa shape index (κ3) is 4.83. The van der Waals surface area contributed by atoms with Gasteiger partial charge in [-0.2, -0.15) is 5.10 Å². The first-order valence-electron chi connectivity index (χ1n) is 9.60. The largest absolute Gasteiger partial charge is 0.473 e. The van der Waals surface area contributed by atoms with Crippen LogP contribution >= 0.6 is 0 Å². The van der Waals surface area contributed by atoms with Gasteiger partial charge >= 0.3 is 0 Å². The van der Waals surface area contributed by atoms with E-state index in [9.17, 15) is 4.39 Å². The molecule has 1 aliphatic carbocycles. The van der Waals surface area contributed by atoms with Gasteiger partial charge in [0, 0.05) is 18.2 Å². The summed E-state index contributed by atoms with van der Waals surface area (Å²) in [5, 5.41) is 4.74. The Morgan fingerprint density at radius 2 is 2.00 bits per heavy atom. The first-order valence-corrected chi connectivity index (χ1v) is 9.60. The van der Waals surface area contributed by atoms with Gasteiger partial charge in [-0.1, -0.05) is 44.2 Å². The van der Waals surface area contributed by atoms with Crippen molar-refractivity contribution in [3.8, 4) is 5.88 Å². The topological polar surface area (TPSA) is 27.1 Å². The van der Waals surface area contributed by atoms with Gasteiger partial charge in [-0.25, -0.2) is 9.07 Å². The van der Waals surface area contributed by atoms with Gasteiger partial charge in [0.2, 0.25) is 5.88 Å². The Kier molecular flexibility index (Phi) is 6.11. The third-order valence-corrected chi connectivity index (χ3v) is 5.03. The predicted molar refractivity (Wildman–Crippen MR) is 98.3 cm³/mol. The average Bonchev–Trinajstić information content (AvgIpc) is 2.98. The zero-order valence-electron chi connectivity index (χ0n) is 15.4. The molecule has 4 heteroatoms. The summed E-state index contributed by atoms with van der Waals surface area (Å²) in [7, 11) is 0. The van der Waals surface area contributed by atoms with Crippen LogP contribution in [0.1, 0.15) is 62.3 Å². The maximum Gasteiger partial charge on any atom is 0.212 e. The predicted octanol–water partition coefficient (Wildman–Crippen LogP) is 5.44. The molecule has 0 spiro atoms. The van der Waals surface area contributed by atoms with Crippen molar-refractivity contribution in [1.82, 2.24) is 9.78 Å². The highest BCUT2D eigenvalue weighted by atomic mass is 19.1. The summed E-state index contributed by atoms with van der Waals surface area (Å²) in [5.74, 6) is 1.24. The van der Waals surface area contributed by atoms with Gasteiger partial charge in [-0.3, -0.25) is 0 Å². The first kappa shape index (κ1) is 18.0. The Morgan fingerprint density at radius 3 is 2.76 bits per heavy atom. The first-order chi connectivity index (χ1) is 12.2.